The van der Waals surface area contributed by atoms with Gasteiger partial charge in [-0.2, -0.15) is 4.98 Å². The van der Waals surface area contributed by atoms with Crippen LogP contribution in [0.1, 0.15) is 25.5 Å². The molecular weight excluding hydrogens is 288 g/mol. The molecule has 0 atom stereocenters. The Morgan fingerprint density at radius 2 is 2.05 bits per heavy atom. The third-order valence-corrected chi connectivity index (χ3v) is 4.96. The Kier molecular flexibility index (Phi) is 3.27. The number of aromatic nitrogens is 2. The second-order valence-corrected chi connectivity index (χ2v) is 6.26. The molecule has 21 heavy (non-hydrogen) atoms. The van der Waals surface area contributed by atoms with Crippen molar-refractivity contribution in [1.29, 1.82) is 0 Å². The van der Waals surface area contributed by atoms with Crippen LogP contribution in [0, 0.1) is 0 Å². The molecule has 0 spiro atoms. The molecule has 3 aliphatic heterocycles. The van der Waals surface area contributed by atoms with Crippen LogP contribution in [0.3, 0.4) is 0 Å². The highest BCUT2D eigenvalue weighted by molar-refractivity contribution is 6.31. The van der Waals surface area contributed by atoms with E-state index in [9.17, 15) is 0 Å². The van der Waals surface area contributed by atoms with E-state index in [2.05, 4.69) is 19.8 Å². The molecule has 3 saturated heterocycles. The van der Waals surface area contributed by atoms with Gasteiger partial charge in [0, 0.05) is 38.3 Å². The van der Waals surface area contributed by atoms with Crippen LogP contribution in [-0.4, -0.2) is 47.1 Å². The van der Waals surface area contributed by atoms with Crippen LogP contribution in [-0.2, 0) is 6.42 Å². The van der Waals surface area contributed by atoms with E-state index in [1.54, 1.807) is 0 Å². The number of aryl methyl sites for hydroxylation is 1. The van der Waals surface area contributed by atoms with E-state index < -0.39 is 0 Å². The third-order valence-electron chi connectivity index (χ3n) is 4.63. The molecular formula is C15H19ClN4O. The normalized spacial score (nSPS) is 25.5. The summed E-state index contributed by atoms with van der Waals surface area (Å²) < 4.78 is 5.94. The third kappa shape index (κ3) is 2.28. The fraction of sp³-hybridized carbons (Fsp3) is 0.600. The molecule has 6 heteroatoms. The SMILES string of the molecule is CCc1nc2nc(N3CCN4CCC3CC4)oc2cc1Cl. The first kappa shape index (κ1) is 13.3. The van der Waals surface area contributed by atoms with Gasteiger partial charge < -0.3 is 14.2 Å². The topological polar surface area (TPSA) is 45.4 Å². The lowest BCUT2D eigenvalue weighted by Crippen LogP contribution is -2.38. The number of nitrogens with zero attached hydrogens (tertiary/aromatic N) is 4. The highest BCUT2D eigenvalue weighted by Crippen LogP contribution is 2.30. The van der Waals surface area contributed by atoms with Gasteiger partial charge in [0.25, 0.3) is 6.01 Å². The first-order valence-electron chi connectivity index (χ1n) is 7.69. The van der Waals surface area contributed by atoms with Crippen molar-refractivity contribution in [1.82, 2.24) is 14.9 Å². The molecule has 5 heterocycles. The van der Waals surface area contributed by atoms with Crippen molar-refractivity contribution < 1.29 is 4.42 Å². The standard InChI is InChI=1S/C15H19ClN4O/c1-2-12-11(16)9-13-14(17-12)18-15(21-13)20-8-7-19-5-3-10(20)4-6-19/h9-10H,2-8H2,1H3. The molecule has 2 aromatic heterocycles. The van der Waals surface area contributed by atoms with Crippen LogP contribution in [0.15, 0.2) is 10.5 Å². The number of piperidine rings is 1. The zero-order valence-corrected chi connectivity index (χ0v) is 12.9. The molecule has 0 radical (unpaired) electrons. The van der Waals surface area contributed by atoms with E-state index in [4.69, 9.17) is 16.0 Å². The van der Waals surface area contributed by atoms with Gasteiger partial charge in [-0.3, -0.25) is 0 Å². The highest BCUT2D eigenvalue weighted by Gasteiger charge is 2.31. The number of hydrogen-bond acceptors (Lipinski definition) is 5. The summed E-state index contributed by atoms with van der Waals surface area (Å²) in [5.74, 6) is 0. The fourth-order valence-electron chi connectivity index (χ4n) is 3.38. The van der Waals surface area contributed by atoms with Crippen molar-refractivity contribution in [3.63, 3.8) is 0 Å². The molecule has 5 rings (SSSR count). The number of anilines is 1. The van der Waals surface area contributed by atoms with Crippen molar-refractivity contribution in [3.8, 4) is 0 Å². The van der Waals surface area contributed by atoms with Gasteiger partial charge in [-0.1, -0.05) is 18.5 Å². The first-order valence-corrected chi connectivity index (χ1v) is 8.07. The molecule has 0 unspecified atom stereocenters. The van der Waals surface area contributed by atoms with Crippen LogP contribution in [0.5, 0.6) is 0 Å². The van der Waals surface area contributed by atoms with E-state index in [0.717, 1.165) is 25.2 Å². The second-order valence-electron chi connectivity index (χ2n) is 5.85. The first-order chi connectivity index (χ1) is 10.2. The van der Waals surface area contributed by atoms with Gasteiger partial charge in [-0.05, 0) is 19.3 Å². The van der Waals surface area contributed by atoms with Gasteiger partial charge in [0.1, 0.15) is 0 Å². The molecule has 3 aliphatic rings. The summed E-state index contributed by atoms with van der Waals surface area (Å²) in [5.41, 5.74) is 2.24. The lowest BCUT2D eigenvalue weighted by atomic mass is 10.1. The van der Waals surface area contributed by atoms with E-state index in [-0.39, 0.29) is 0 Å². The van der Waals surface area contributed by atoms with Crippen LogP contribution >= 0.6 is 11.6 Å². The average molecular weight is 307 g/mol. The molecule has 0 aliphatic carbocycles. The Bertz CT molecular complexity index is 663. The second kappa shape index (κ2) is 5.14. The number of halogens is 1. The molecule has 0 amide bonds. The van der Waals surface area contributed by atoms with E-state index in [0.29, 0.717) is 28.3 Å². The number of hydrogen-bond donors (Lipinski definition) is 0. The lowest BCUT2D eigenvalue weighted by Gasteiger charge is -2.30. The summed E-state index contributed by atoms with van der Waals surface area (Å²) in [5, 5.41) is 0.663. The van der Waals surface area contributed by atoms with Gasteiger partial charge >= 0.3 is 0 Å². The fourth-order valence-corrected chi connectivity index (χ4v) is 3.65. The van der Waals surface area contributed by atoms with Gasteiger partial charge in [0.2, 0.25) is 5.65 Å². The maximum atomic E-state index is 6.22. The Hall–Kier alpha value is -1.33. The van der Waals surface area contributed by atoms with Crippen molar-refractivity contribution in [2.45, 2.75) is 32.2 Å². The van der Waals surface area contributed by atoms with Crippen LogP contribution in [0.25, 0.3) is 11.2 Å². The highest BCUT2D eigenvalue weighted by atomic mass is 35.5. The number of pyridine rings is 1. The average Bonchev–Trinajstić information content (AvgIpc) is 2.68. The minimum Gasteiger partial charge on any atom is -0.422 e. The van der Waals surface area contributed by atoms with Crippen molar-refractivity contribution >= 4 is 28.8 Å². The molecule has 2 bridgehead atoms. The number of oxazole rings is 1. The van der Waals surface area contributed by atoms with E-state index in [1.165, 1.54) is 25.9 Å². The summed E-state index contributed by atoms with van der Waals surface area (Å²) in [4.78, 5) is 14.0. The number of fused-ring (bicyclic) bond motifs is 5. The Labute approximate surface area is 128 Å². The summed E-state index contributed by atoms with van der Waals surface area (Å²) in [6, 6.07) is 3.09. The summed E-state index contributed by atoms with van der Waals surface area (Å²) in [6.45, 7) is 6.48. The van der Waals surface area contributed by atoms with Crippen LogP contribution in [0.2, 0.25) is 5.02 Å². The maximum absolute atomic E-state index is 6.22. The minimum absolute atomic E-state index is 0.540. The van der Waals surface area contributed by atoms with Crippen LogP contribution < -0.4 is 4.90 Å². The maximum Gasteiger partial charge on any atom is 0.300 e. The van der Waals surface area contributed by atoms with Gasteiger partial charge in [0.05, 0.1) is 10.7 Å². The Morgan fingerprint density at radius 3 is 2.81 bits per heavy atom. The van der Waals surface area contributed by atoms with Gasteiger partial charge in [-0.15, -0.1) is 0 Å². The predicted octanol–water partition coefficient (Wildman–Crippen LogP) is 2.72. The Morgan fingerprint density at radius 1 is 1.24 bits per heavy atom. The monoisotopic (exact) mass is 306 g/mol. The quantitative estimate of drug-likeness (QED) is 0.853. The zero-order chi connectivity index (χ0) is 14.4. The lowest BCUT2D eigenvalue weighted by molar-refractivity contribution is 0.249. The van der Waals surface area contributed by atoms with Gasteiger partial charge in [0.15, 0.2) is 5.58 Å². The Balaban J connectivity index is 1.73. The molecule has 5 nitrogen and oxygen atoms in total. The van der Waals surface area contributed by atoms with Gasteiger partial charge in [-0.25, -0.2) is 4.98 Å². The van der Waals surface area contributed by atoms with Crippen molar-refractivity contribution in [2.75, 3.05) is 31.1 Å². The predicted molar refractivity (Wildman–Crippen MR) is 83.0 cm³/mol. The molecule has 0 N–H and O–H groups in total. The van der Waals surface area contributed by atoms with Crippen molar-refractivity contribution in [2.24, 2.45) is 0 Å². The molecule has 3 fully saturated rings. The summed E-state index contributed by atoms with van der Waals surface area (Å²) >= 11 is 6.22. The minimum atomic E-state index is 0.540. The van der Waals surface area contributed by atoms with Crippen molar-refractivity contribution in [3.05, 3.63) is 16.8 Å². The van der Waals surface area contributed by atoms with E-state index >= 15 is 0 Å². The van der Waals surface area contributed by atoms with Crippen LogP contribution in [0.4, 0.5) is 6.01 Å². The molecule has 0 aromatic carbocycles. The number of rotatable bonds is 2. The summed E-state index contributed by atoms with van der Waals surface area (Å²) in [6.07, 6.45) is 3.18. The molecule has 0 saturated carbocycles. The molecule has 112 valence electrons. The summed E-state index contributed by atoms with van der Waals surface area (Å²) in [7, 11) is 0. The van der Waals surface area contributed by atoms with E-state index in [1.807, 2.05) is 13.0 Å². The molecule has 2 aromatic rings. The smallest absolute Gasteiger partial charge is 0.300 e. The zero-order valence-electron chi connectivity index (χ0n) is 12.2. The largest absolute Gasteiger partial charge is 0.422 e.